The quantitative estimate of drug-likeness (QED) is 0.624. The third-order valence-corrected chi connectivity index (χ3v) is 1.81. The van der Waals surface area contributed by atoms with E-state index >= 15 is 0 Å². The highest BCUT2D eigenvalue weighted by Crippen LogP contribution is 1.97. The van der Waals surface area contributed by atoms with Crippen LogP contribution < -0.4 is 11.5 Å². The van der Waals surface area contributed by atoms with Crippen LogP contribution >= 0.6 is 0 Å². The van der Waals surface area contributed by atoms with Crippen LogP contribution in [0.3, 0.4) is 0 Å². The van der Waals surface area contributed by atoms with E-state index in [0.717, 1.165) is 31.5 Å². The van der Waals surface area contributed by atoms with E-state index in [2.05, 4.69) is 10.3 Å². The van der Waals surface area contributed by atoms with Crippen LogP contribution in [-0.4, -0.2) is 28.1 Å². The van der Waals surface area contributed by atoms with Crippen LogP contribution in [0.15, 0.2) is 6.20 Å². The van der Waals surface area contributed by atoms with E-state index in [1.54, 1.807) is 0 Å². The first kappa shape index (κ1) is 10.1. The van der Waals surface area contributed by atoms with Crippen molar-refractivity contribution in [2.45, 2.75) is 25.8 Å². The summed E-state index contributed by atoms with van der Waals surface area (Å²) in [6.45, 7) is 2.25. The largest absolute Gasteiger partial charge is 0.330 e. The maximum Gasteiger partial charge on any atom is 0.0827 e. The first-order valence-corrected chi connectivity index (χ1v) is 4.66. The zero-order valence-electron chi connectivity index (χ0n) is 7.82. The molecule has 0 unspecified atom stereocenters. The van der Waals surface area contributed by atoms with Gasteiger partial charge in [-0.25, -0.2) is 0 Å². The van der Waals surface area contributed by atoms with Crippen LogP contribution in [0.1, 0.15) is 18.5 Å². The van der Waals surface area contributed by atoms with Crippen molar-refractivity contribution >= 4 is 0 Å². The Balaban J connectivity index is 2.34. The number of rotatable bonds is 6. The lowest BCUT2D eigenvalue weighted by Gasteiger charge is -1.95. The second kappa shape index (κ2) is 5.66. The third-order valence-electron chi connectivity index (χ3n) is 1.81. The normalized spacial score (nSPS) is 10.6. The number of nitrogens with zero attached hydrogens (tertiary/aromatic N) is 3. The molecule has 1 rings (SSSR count). The van der Waals surface area contributed by atoms with Crippen molar-refractivity contribution in [1.29, 1.82) is 0 Å². The average Bonchev–Trinajstić information content (AvgIpc) is 2.59. The third kappa shape index (κ3) is 3.52. The monoisotopic (exact) mass is 183 g/mol. The Morgan fingerprint density at radius 2 is 2.00 bits per heavy atom. The summed E-state index contributed by atoms with van der Waals surface area (Å²) < 4.78 is 1.83. The van der Waals surface area contributed by atoms with Crippen molar-refractivity contribution in [3.8, 4) is 0 Å². The molecule has 0 saturated carbocycles. The standard InChI is InChI=1S/C8H17N5/c9-4-1-3-8-7-13(12-11-8)6-2-5-10/h7H,1-6,9-10H2. The molecule has 0 spiro atoms. The molecule has 0 amide bonds. The molecular formula is C8H17N5. The lowest BCUT2D eigenvalue weighted by Crippen LogP contribution is -2.06. The summed E-state index contributed by atoms with van der Waals surface area (Å²) >= 11 is 0. The Morgan fingerprint density at radius 1 is 1.23 bits per heavy atom. The molecule has 0 aliphatic heterocycles. The van der Waals surface area contributed by atoms with Gasteiger partial charge in [0.2, 0.25) is 0 Å². The molecule has 4 N–H and O–H groups in total. The molecule has 0 atom stereocenters. The van der Waals surface area contributed by atoms with Crippen LogP contribution in [0.25, 0.3) is 0 Å². The van der Waals surface area contributed by atoms with Crippen molar-refractivity contribution < 1.29 is 0 Å². The van der Waals surface area contributed by atoms with Crippen LogP contribution in [-0.2, 0) is 13.0 Å². The fraction of sp³-hybridized carbons (Fsp3) is 0.750. The Morgan fingerprint density at radius 3 is 2.69 bits per heavy atom. The first-order valence-electron chi connectivity index (χ1n) is 4.66. The van der Waals surface area contributed by atoms with E-state index in [0.29, 0.717) is 13.1 Å². The number of aromatic nitrogens is 3. The lowest BCUT2D eigenvalue weighted by atomic mass is 10.2. The van der Waals surface area contributed by atoms with Crippen LogP contribution in [0.4, 0.5) is 0 Å². The van der Waals surface area contributed by atoms with Crippen molar-refractivity contribution in [3.63, 3.8) is 0 Å². The van der Waals surface area contributed by atoms with E-state index in [1.165, 1.54) is 0 Å². The van der Waals surface area contributed by atoms with Crippen molar-refractivity contribution in [3.05, 3.63) is 11.9 Å². The maximum absolute atomic E-state index is 5.39. The summed E-state index contributed by atoms with van der Waals surface area (Å²) in [4.78, 5) is 0. The Kier molecular flexibility index (Phi) is 4.42. The number of nitrogens with two attached hydrogens (primary N) is 2. The van der Waals surface area contributed by atoms with E-state index in [1.807, 2.05) is 10.9 Å². The van der Waals surface area contributed by atoms with Crippen molar-refractivity contribution in [2.24, 2.45) is 11.5 Å². The molecule has 0 radical (unpaired) electrons. The highest BCUT2D eigenvalue weighted by Gasteiger charge is 1.98. The van der Waals surface area contributed by atoms with Crippen molar-refractivity contribution in [2.75, 3.05) is 13.1 Å². The summed E-state index contributed by atoms with van der Waals surface area (Å²) in [5.74, 6) is 0. The van der Waals surface area contributed by atoms with Gasteiger partial charge in [0.25, 0.3) is 0 Å². The molecule has 13 heavy (non-hydrogen) atoms. The van der Waals surface area contributed by atoms with Crippen LogP contribution in [0.5, 0.6) is 0 Å². The van der Waals surface area contributed by atoms with Gasteiger partial charge in [0, 0.05) is 12.7 Å². The Bertz CT molecular complexity index is 210. The summed E-state index contributed by atoms with van der Waals surface area (Å²) in [5.41, 5.74) is 11.8. The zero-order chi connectivity index (χ0) is 9.52. The van der Waals surface area contributed by atoms with Gasteiger partial charge in [0.1, 0.15) is 0 Å². The minimum absolute atomic E-state index is 0.692. The molecule has 0 saturated heterocycles. The average molecular weight is 183 g/mol. The highest BCUT2D eigenvalue weighted by atomic mass is 15.4. The molecule has 0 bridgehead atoms. The van der Waals surface area contributed by atoms with Gasteiger partial charge >= 0.3 is 0 Å². The molecule has 1 aromatic rings. The van der Waals surface area contributed by atoms with E-state index in [4.69, 9.17) is 11.5 Å². The molecule has 0 aromatic carbocycles. The highest BCUT2D eigenvalue weighted by molar-refractivity contribution is 4.92. The summed E-state index contributed by atoms with van der Waals surface area (Å²) in [7, 11) is 0. The second-order valence-corrected chi connectivity index (χ2v) is 3.01. The van der Waals surface area contributed by atoms with Gasteiger partial charge in [-0.3, -0.25) is 4.68 Å². The first-order chi connectivity index (χ1) is 6.36. The van der Waals surface area contributed by atoms with Crippen LogP contribution in [0, 0.1) is 0 Å². The Labute approximate surface area is 78.1 Å². The van der Waals surface area contributed by atoms with Gasteiger partial charge in [0.15, 0.2) is 0 Å². The zero-order valence-corrected chi connectivity index (χ0v) is 7.82. The maximum atomic E-state index is 5.39. The SMILES string of the molecule is NCCCc1cn(CCCN)nn1. The Hall–Kier alpha value is -0.940. The van der Waals surface area contributed by atoms with E-state index in [9.17, 15) is 0 Å². The lowest BCUT2D eigenvalue weighted by molar-refractivity contribution is 0.564. The van der Waals surface area contributed by atoms with Crippen LogP contribution in [0.2, 0.25) is 0 Å². The van der Waals surface area contributed by atoms with Crippen molar-refractivity contribution in [1.82, 2.24) is 15.0 Å². The van der Waals surface area contributed by atoms with E-state index in [-0.39, 0.29) is 0 Å². The molecule has 0 aliphatic rings. The number of aryl methyl sites for hydroxylation is 2. The smallest absolute Gasteiger partial charge is 0.0827 e. The molecule has 1 heterocycles. The van der Waals surface area contributed by atoms with Gasteiger partial charge < -0.3 is 11.5 Å². The molecule has 74 valence electrons. The summed E-state index contributed by atoms with van der Waals surface area (Å²) in [6, 6.07) is 0. The van der Waals surface area contributed by atoms with Gasteiger partial charge in [0.05, 0.1) is 5.69 Å². The predicted molar refractivity (Wildman–Crippen MR) is 51.1 cm³/mol. The minimum atomic E-state index is 0.692. The predicted octanol–water partition coefficient (Wildman–Crippen LogP) is -0.482. The fourth-order valence-electron chi connectivity index (χ4n) is 1.10. The molecule has 5 heteroatoms. The topological polar surface area (TPSA) is 82.8 Å². The number of hydrogen-bond acceptors (Lipinski definition) is 4. The molecule has 0 fully saturated rings. The van der Waals surface area contributed by atoms with E-state index < -0.39 is 0 Å². The van der Waals surface area contributed by atoms with Gasteiger partial charge in [-0.1, -0.05) is 5.21 Å². The minimum Gasteiger partial charge on any atom is -0.330 e. The molecule has 0 aliphatic carbocycles. The van der Waals surface area contributed by atoms with Gasteiger partial charge in [-0.05, 0) is 32.4 Å². The molecular weight excluding hydrogens is 166 g/mol. The van der Waals surface area contributed by atoms with Gasteiger partial charge in [-0.15, -0.1) is 5.10 Å². The fourth-order valence-corrected chi connectivity index (χ4v) is 1.10. The summed E-state index contributed by atoms with van der Waals surface area (Å²) in [5, 5.41) is 8.00. The van der Waals surface area contributed by atoms with Gasteiger partial charge in [-0.2, -0.15) is 0 Å². The second-order valence-electron chi connectivity index (χ2n) is 3.01. The molecule has 1 aromatic heterocycles. The number of hydrogen-bond donors (Lipinski definition) is 2. The summed E-state index contributed by atoms with van der Waals surface area (Å²) in [6.07, 6.45) is 4.79. The molecule has 5 nitrogen and oxygen atoms in total.